The maximum absolute atomic E-state index is 13.3. The van der Waals surface area contributed by atoms with Crippen LogP contribution in [0.5, 0.6) is 0 Å². The fourth-order valence-corrected chi connectivity index (χ4v) is 2.26. The van der Waals surface area contributed by atoms with Crippen molar-refractivity contribution in [3.8, 4) is 0 Å². The van der Waals surface area contributed by atoms with E-state index < -0.39 is 12.5 Å². The molecule has 6 heteroatoms. The summed E-state index contributed by atoms with van der Waals surface area (Å²) in [5.41, 5.74) is 0.833. The number of aromatic nitrogens is 1. The van der Waals surface area contributed by atoms with Crippen molar-refractivity contribution in [2.24, 2.45) is 0 Å². The normalized spacial score (nSPS) is 16.4. The lowest BCUT2D eigenvalue weighted by molar-refractivity contribution is -0.0694. The SMILES string of the molecule is COCC(F)(F)CCc1ccc(N2CCNCC2)nc1. The fraction of sp³-hybridized carbons (Fsp3) is 0.643. The number of halogens is 2. The Labute approximate surface area is 118 Å². The van der Waals surface area contributed by atoms with Gasteiger partial charge in [0.2, 0.25) is 0 Å². The molecule has 4 nitrogen and oxygen atoms in total. The van der Waals surface area contributed by atoms with Gasteiger partial charge in [-0.2, -0.15) is 0 Å². The number of methoxy groups -OCH3 is 1. The number of rotatable bonds is 6. The molecule has 1 aliphatic heterocycles. The lowest BCUT2D eigenvalue weighted by Gasteiger charge is -2.28. The summed E-state index contributed by atoms with van der Waals surface area (Å²) in [7, 11) is 1.29. The van der Waals surface area contributed by atoms with Gasteiger partial charge in [-0.05, 0) is 18.1 Å². The zero-order chi connectivity index (χ0) is 14.4. The minimum Gasteiger partial charge on any atom is -0.378 e. The summed E-state index contributed by atoms with van der Waals surface area (Å²) < 4.78 is 31.2. The van der Waals surface area contributed by atoms with Crippen molar-refractivity contribution < 1.29 is 13.5 Å². The summed E-state index contributed by atoms with van der Waals surface area (Å²) in [4.78, 5) is 6.57. The van der Waals surface area contributed by atoms with Gasteiger partial charge in [-0.3, -0.25) is 0 Å². The molecule has 0 saturated carbocycles. The van der Waals surface area contributed by atoms with Crippen molar-refractivity contribution in [1.29, 1.82) is 0 Å². The third-order valence-electron chi connectivity index (χ3n) is 3.39. The van der Waals surface area contributed by atoms with Gasteiger partial charge in [-0.25, -0.2) is 13.8 Å². The third-order valence-corrected chi connectivity index (χ3v) is 3.39. The summed E-state index contributed by atoms with van der Waals surface area (Å²) >= 11 is 0. The van der Waals surface area contributed by atoms with Crippen LogP contribution in [0.25, 0.3) is 0 Å². The number of nitrogens with zero attached hydrogens (tertiary/aromatic N) is 2. The number of nitrogens with one attached hydrogen (secondary N) is 1. The van der Waals surface area contributed by atoms with Crippen LogP contribution in [0.2, 0.25) is 0 Å². The molecule has 0 atom stereocenters. The van der Waals surface area contributed by atoms with Gasteiger partial charge >= 0.3 is 0 Å². The Kier molecular flexibility index (Phi) is 5.25. The fourth-order valence-electron chi connectivity index (χ4n) is 2.26. The topological polar surface area (TPSA) is 37.4 Å². The molecule has 1 aromatic rings. The lowest BCUT2D eigenvalue weighted by Crippen LogP contribution is -2.43. The van der Waals surface area contributed by atoms with Crippen LogP contribution >= 0.6 is 0 Å². The minimum atomic E-state index is -2.77. The second-order valence-electron chi connectivity index (χ2n) is 5.05. The number of piperazine rings is 1. The first kappa shape index (κ1) is 15.1. The number of pyridine rings is 1. The zero-order valence-corrected chi connectivity index (χ0v) is 11.7. The summed E-state index contributed by atoms with van der Waals surface area (Å²) in [5.74, 6) is -1.86. The monoisotopic (exact) mass is 285 g/mol. The van der Waals surface area contributed by atoms with E-state index in [1.165, 1.54) is 7.11 Å². The summed E-state index contributed by atoms with van der Waals surface area (Å²) in [6.45, 7) is 3.23. The lowest BCUT2D eigenvalue weighted by atomic mass is 10.1. The molecule has 0 bridgehead atoms. The van der Waals surface area contributed by atoms with Crippen molar-refractivity contribution in [1.82, 2.24) is 10.3 Å². The molecule has 1 fully saturated rings. The number of aryl methyl sites for hydroxylation is 1. The van der Waals surface area contributed by atoms with E-state index in [-0.39, 0.29) is 6.42 Å². The van der Waals surface area contributed by atoms with Crippen LogP contribution in [0.1, 0.15) is 12.0 Å². The van der Waals surface area contributed by atoms with E-state index in [2.05, 4.69) is 19.9 Å². The average Bonchev–Trinajstić information content (AvgIpc) is 2.47. The van der Waals surface area contributed by atoms with E-state index in [4.69, 9.17) is 0 Å². The highest BCUT2D eigenvalue weighted by molar-refractivity contribution is 5.39. The number of ether oxygens (including phenoxy) is 1. The Morgan fingerprint density at radius 3 is 2.70 bits per heavy atom. The Morgan fingerprint density at radius 1 is 1.35 bits per heavy atom. The Bertz CT molecular complexity index is 405. The zero-order valence-electron chi connectivity index (χ0n) is 11.7. The molecule has 0 amide bonds. The third kappa shape index (κ3) is 4.38. The van der Waals surface area contributed by atoms with Gasteiger partial charge in [0, 0.05) is 45.9 Å². The van der Waals surface area contributed by atoms with Crippen molar-refractivity contribution in [3.05, 3.63) is 23.9 Å². The van der Waals surface area contributed by atoms with Gasteiger partial charge in [0.25, 0.3) is 5.92 Å². The molecule has 0 spiro atoms. The Morgan fingerprint density at radius 2 is 2.10 bits per heavy atom. The summed E-state index contributed by atoms with van der Waals surface area (Å²) in [6.07, 6.45) is 1.79. The number of hydrogen-bond donors (Lipinski definition) is 1. The first-order chi connectivity index (χ1) is 9.61. The first-order valence-corrected chi connectivity index (χ1v) is 6.88. The molecule has 1 saturated heterocycles. The molecule has 0 aromatic carbocycles. The number of alkyl halides is 2. The second-order valence-corrected chi connectivity index (χ2v) is 5.05. The van der Waals surface area contributed by atoms with Crippen LogP contribution in [-0.4, -0.2) is 50.8 Å². The van der Waals surface area contributed by atoms with Crippen molar-refractivity contribution in [3.63, 3.8) is 0 Å². The largest absolute Gasteiger partial charge is 0.378 e. The molecular weight excluding hydrogens is 264 g/mol. The maximum atomic E-state index is 13.3. The molecule has 2 rings (SSSR count). The van der Waals surface area contributed by atoms with Crippen LogP contribution in [-0.2, 0) is 11.2 Å². The van der Waals surface area contributed by atoms with E-state index in [1.807, 2.05) is 12.1 Å². The van der Waals surface area contributed by atoms with E-state index >= 15 is 0 Å². The highest BCUT2D eigenvalue weighted by atomic mass is 19.3. The molecule has 1 aromatic heterocycles. The van der Waals surface area contributed by atoms with Gasteiger partial charge in [0.15, 0.2) is 0 Å². The molecule has 2 heterocycles. The van der Waals surface area contributed by atoms with Gasteiger partial charge in [-0.15, -0.1) is 0 Å². The number of hydrogen-bond acceptors (Lipinski definition) is 4. The summed E-state index contributed by atoms with van der Waals surface area (Å²) in [6, 6.07) is 3.79. The predicted molar refractivity (Wildman–Crippen MR) is 74.5 cm³/mol. The van der Waals surface area contributed by atoms with E-state index in [1.54, 1.807) is 6.20 Å². The Balaban J connectivity index is 1.88. The van der Waals surface area contributed by atoms with Crippen LogP contribution in [0.15, 0.2) is 18.3 Å². The smallest absolute Gasteiger partial charge is 0.271 e. The second kappa shape index (κ2) is 6.95. The average molecular weight is 285 g/mol. The van der Waals surface area contributed by atoms with Gasteiger partial charge in [0.05, 0.1) is 0 Å². The molecule has 0 unspecified atom stereocenters. The summed E-state index contributed by atoms with van der Waals surface area (Å²) in [5, 5.41) is 3.28. The molecular formula is C14H21F2N3O. The van der Waals surface area contributed by atoms with E-state index in [0.717, 1.165) is 37.6 Å². The quantitative estimate of drug-likeness (QED) is 0.863. The standard InChI is InChI=1S/C14H21F2N3O/c1-20-11-14(15,16)5-4-12-2-3-13(18-10-12)19-8-6-17-7-9-19/h2-3,10,17H,4-9,11H2,1H3. The minimum absolute atomic E-state index is 0.213. The van der Waals surface area contributed by atoms with Gasteiger partial charge < -0.3 is 15.0 Å². The molecule has 1 aliphatic rings. The van der Waals surface area contributed by atoms with E-state index in [0.29, 0.717) is 6.42 Å². The van der Waals surface area contributed by atoms with E-state index in [9.17, 15) is 8.78 Å². The number of anilines is 1. The molecule has 20 heavy (non-hydrogen) atoms. The first-order valence-electron chi connectivity index (χ1n) is 6.88. The molecule has 112 valence electrons. The van der Waals surface area contributed by atoms with Gasteiger partial charge in [0.1, 0.15) is 12.4 Å². The van der Waals surface area contributed by atoms with Gasteiger partial charge in [-0.1, -0.05) is 6.07 Å². The van der Waals surface area contributed by atoms with Crippen molar-refractivity contribution in [2.45, 2.75) is 18.8 Å². The van der Waals surface area contributed by atoms with Crippen molar-refractivity contribution >= 4 is 5.82 Å². The maximum Gasteiger partial charge on any atom is 0.271 e. The van der Waals surface area contributed by atoms with Crippen LogP contribution in [0.3, 0.4) is 0 Å². The van der Waals surface area contributed by atoms with Crippen LogP contribution < -0.4 is 10.2 Å². The molecule has 0 radical (unpaired) electrons. The highest BCUT2D eigenvalue weighted by Gasteiger charge is 2.28. The Hall–Kier alpha value is -1.27. The van der Waals surface area contributed by atoms with Crippen molar-refractivity contribution in [2.75, 3.05) is 44.8 Å². The highest BCUT2D eigenvalue weighted by Crippen LogP contribution is 2.21. The predicted octanol–water partition coefficient (Wildman–Crippen LogP) is 1.71. The van der Waals surface area contributed by atoms with Crippen LogP contribution in [0, 0.1) is 0 Å². The van der Waals surface area contributed by atoms with Crippen LogP contribution in [0.4, 0.5) is 14.6 Å². The molecule has 1 N–H and O–H groups in total. The molecule has 0 aliphatic carbocycles.